The number of halogens is 2. The molecule has 2 aromatic heterocycles. The number of nitrogens with zero attached hydrogens (tertiary/aromatic N) is 1. The topological polar surface area (TPSA) is 115 Å². The molecular weight excluding hydrogens is 448 g/mol. The predicted molar refractivity (Wildman–Crippen MR) is 108 cm³/mol. The molecule has 1 aliphatic carbocycles. The molecule has 1 fully saturated rings. The molecule has 0 spiro atoms. The van der Waals surface area contributed by atoms with E-state index in [4.69, 9.17) is 0 Å². The molecule has 3 aromatic rings. The van der Waals surface area contributed by atoms with Gasteiger partial charge in [0, 0.05) is 12.8 Å². The molecule has 1 aromatic carbocycles. The highest BCUT2D eigenvalue weighted by atomic mass is 32.2. The molecule has 11 heteroatoms. The highest BCUT2D eigenvalue weighted by Gasteiger charge is 2.65. The number of alkyl halides is 2. The molecular formula is C20H18F2N3O4S2-. The molecule has 0 aliphatic heterocycles. The summed E-state index contributed by atoms with van der Waals surface area (Å²) in [6, 6.07) is 12.6. The number of thiophene rings is 1. The van der Waals surface area contributed by atoms with E-state index in [9.17, 15) is 27.1 Å². The average Bonchev–Trinajstić information content (AvgIpc) is 3.13. The largest absolute Gasteiger partial charge is 0.548 e. The third-order valence-corrected chi connectivity index (χ3v) is 8.63. The van der Waals surface area contributed by atoms with E-state index in [1.54, 1.807) is 37.3 Å². The summed E-state index contributed by atoms with van der Waals surface area (Å²) in [5, 5.41) is 18.0. The number of aromatic amines is 1. The third kappa shape index (κ3) is 3.66. The van der Waals surface area contributed by atoms with Crippen LogP contribution in [0.25, 0.3) is 10.6 Å². The molecule has 1 aliphatic rings. The summed E-state index contributed by atoms with van der Waals surface area (Å²) >= 11 is 0.804. The SMILES string of the molecule is CC1[C@@H](c2ccccc2)[C@]1(NS(=O)(=O)c1ccc(-c2cc(C(C)(F)F)[nH]n2)s1)C(=O)[O-]. The van der Waals surface area contributed by atoms with Crippen molar-refractivity contribution in [3.05, 3.63) is 59.8 Å². The normalized spacial score (nSPS) is 23.6. The number of hydrogen-bond acceptors (Lipinski definition) is 6. The fourth-order valence-corrected chi connectivity index (χ4v) is 6.55. The number of sulfonamides is 1. The summed E-state index contributed by atoms with van der Waals surface area (Å²) in [7, 11) is -4.22. The summed E-state index contributed by atoms with van der Waals surface area (Å²) in [6.45, 7) is 2.36. The number of carbonyl (C=O) groups excluding carboxylic acids is 1. The van der Waals surface area contributed by atoms with Crippen molar-refractivity contribution in [2.75, 3.05) is 0 Å². The van der Waals surface area contributed by atoms with Gasteiger partial charge in [0.25, 0.3) is 15.9 Å². The van der Waals surface area contributed by atoms with Crippen LogP contribution in [0.1, 0.15) is 31.0 Å². The number of benzene rings is 1. The number of aliphatic carboxylic acids is 1. The lowest BCUT2D eigenvalue weighted by molar-refractivity contribution is -0.310. The van der Waals surface area contributed by atoms with E-state index in [2.05, 4.69) is 14.9 Å². The minimum Gasteiger partial charge on any atom is -0.548 e. The summed E-state index contributed by atoms with van der Waals surface area (Å²) in [5.41, 5.74) is -1.31. The van der Waals surface area contributed by atoms with E-state index in [1.807, 2.05) is 0 Å². The van der Waals surface area contributed by atoms with E-state index < -0.39 is 45.0 Å². The average molecular weight is 467 g/mol. The Morgan fingerprint density at radius 3 is 2.52 bits per heavy atom. The highest BCUT2D eigenvalue weighted by Crippen LogP contribution is 2.57. The van der Waals surface area contributed by atoms with Gasteiger partial charge in [-0.1, -0.05) is 37.3 Å². The first kappa shape index (κ1) is 21.6. The van der Waals surface area contributed by atoms with Crippen molar-refractivity contribution in [1.29, 1.82) is 0 Å². The lowest BCUT2D eigenvalue weighted by Crippen LogP contribution is -2.52. The monoisotopic (exact) mass is 466 g/mol. The number of nitrogens with one attached hydrogen (secondary N) is 2. The maximum absolute atomic E-state index is 13.4. The second kappa shape index (κ2) is 7.21. The highest BCUT2D eigenvalue weighted by molar-refractivity contribution is 7.91. The number of rotatable bonds is 7. The van der Waals surface area contributed by atoms with Gasteiger partial charge in [-0.3, -0.25) is 5.10 Å². The molecule has 1 saturated carbocycles. The second-order valence-corrected chi connectivity index (χ2v) is 10.6. The Balaban J connectivity index is 1.62. The second-order valence-electron chi connectivity index (χ2n) is 7.61. The van der Waals surface area contributed by atoms with E-state index in [-0.39, 0.29) is 9.90 Å². The Hall–Kier alpha value is -2.63. The van der Waals surface area contributed by atoms with E-state index in [0.29, 0.717) is 10.4 Å². The minimum atomic E-state index is -4.22. The van der Waals surface area contributed by atoms with Crippen LogP contribution in [0.3, 0.4) is 0 Å². The summed E-state index contributed by atoms with van der Waals surface area (Å²) in [5.74, 6) is -5.71. The third-order valence-electron chi connectivity index (χ3n) is 5.55. The molecule has 0 bridgehead atoms. The van der Waals surface area contributed by atoms with Crippen molar-refractivity contribution in [3.8, 4) is 10.6 Å². The zero-order valence-electron chi connectivity index (χ0n) is 16.4. The smallest absolute Gasteiger partial charge is 0.286 e. The van der Waals surface area contributed by atoms with Gasteiger partial charge in [0.2, 0.25) is 0 Å². The Morgan fingerprint density at radius 2 is 1.94 bits per heavy atom. The number of carbonyl (C=O) groups is 1. The van der Waals surface area contributed by atoms with Crippen molar-refractivity contribution in [2.45, 2.75) is 35.4 Å². The molecule has 2 N–H and O–H groups in total. The quantitative estimate of drug-likeness (QED) is 0.555. The van der Waals surface area contributed by atoms with Crippen molar-refractivity contribution in [3.63, 3.8) is 0 Å². The first-order valence-corrected chi connectivity index (χ1v) is 11.6. The van der Waals surface area contributed by atoms with Gasteiger partial charge in [0.1, 0.15) is 15.6 Å². The molecule has 4 rings (SSSR count). The van der Waals surface area contributed by atoms with Crippen molar-refractivity contribution in [1.82, 2.24) is 14.9 Å². The van der Waals surface area contributed by atoms with Crippen molar-refractivity contribution < 1.29 is 27.1 Å². The van der Waals surface area contributed by atoms with Gasteiger partial charge in [0.05, 0.1) is 16.4 Å². The van der Waals surface area contributed by atoms with Crippen LogP contribution in [0.2, 0.25) is 0 Å². The first-order valence-electron chi connectivity index (χ1n) is 9.31. The van der Waals surface area contributed by atoms with Crippen LogP contribution < -0.4 is 9.83 Å². The molecule has 0 radical (unpaired) electrons. The summed E-state index contributed by atoms with van der Waals surface area (Å²) in [4.78, 5) is 12.3. The maximum Gasteiger partial charge on any atom is 0.286 e. The molecule has 0 saturated heterocycles. The van der Waals surface area contributed by atoms with Crippen LogP contribution in [0.15, 0.2) is 52.7 Å². The fraction of sp³-hybridized carbons (Fsp3) is 0.300. The van der Waals surface area contributed by atoms with Crippen molar-refractivity contribution in [2.24, 2.45) is 5.92 Å². The minimum absolute atomic E-state index is 0.151. The zero-order valence-corrected chi connectivity index (χ0v) is 18.1. The molecule has 1 unspecified atom stereocenters. The van der Waals surface area contributed by atoms with Crippen LogP contribution in [0.4, 0.5) is 8.78 Å². The molecule has 3 atom stereocenters. The summed E-state index contributed by atoms with van der Waals surface area (Å²) in [6.07, 6.45) is 0. The molecule has 7 nitrogen and oxygen atoms in total. The first-order chi connectivity index (χ1) is 14.5. The predicted octanol–water partition coefficient (Wildman–Crippen LogP) is 2.45. The van der Waals surface area contributed by atoms with Gasteiger partial charge in [-0.2, -0.15) is 18.6 Å². The van der Waals surface area contributed by atoms with Crippen LogP contribution in [0.5, 0.6) is 0 Å². The van der Waals surface area contributed by atoms with Crippen molar-refractivity contribution >= 4 is 27.3 Å². The number of carboxylic acids is 1. The Kier molecular flexibility index (Phi) is 5.02. The molecule has 2 heterocycles. The lowest BCUT2D eigenvalue weighted by atomic mass is 10.1. The van der Waals surface area contributed by atoms with E-state index in [1.165, 1.54) is 12.1 Å². The fourth-order valence-electron chi connectivity index (χ4n) is 3.83. The zero-order chi connectivity index (χ0) is 22.6. The van der Waals surface area contributed by atoms with Gasteiger partial charge in [-0.05, 0) is 29.7 Å². The van der Waals surface area contributed by atoms with Crippen LogP contribution in [0, 0.1) is 5.92 Å². The lowest BCUT2D eigenvalue weighted by Gasteiger charge is -2.21. The van der Waals surface area contributed by atoms with Crippen LogP contribution in [-0.4, -0.2) is 30.1 Å². The van der Waals surface area contributed by atoms with Gasteiger partial charge in [-0.15, -0.1) is 11.3 Å². The van der Waals surface area contributed by atoms with E-state index >= 15 is 0 Å². The van der Waals surface area contributed by atoms with Gasteiger partial charge < -0.3 is 9.90 Å². The van der Waals surface area contributed by atoms with Crippen LogP contribution in [-0.2, 0) is 20.7 Å². The van der Waals surface area contributed by atoms with Gasteiger partial charge in [-0.25, -0.2) is 8.42 Å². The Bertz CT molecular complexity index is 1230. The van der Waals surface area contributed by atoms with E-state index in [0.717, 1.165) is 24.3 Å². The summed E-state index contributed by atoms with van der Waals surface area (Å²) < 4.78 is 55.0. The number of hydrogen-bond donors (Lipinski definition) is 2. The Morgan fingerprint density at radius 1 is 1.26 bits per heavy atom. The molecule has 31 heavy (non-hydrogen) atoms. The standard InChI is InChI=1S/C20H19F2N3O4S2/c1-11-17(12-6-4-3-5-7-12)20(11,18(26)27)25-31(28,29)16-9-8-14(30-16)13-10-15(24-23-13)19(2,21)22/h3-11,17,25H,1-2H3,(H,23,24)(H,26,27)/p-1/t11?,17-,20-/m0/s1. The number of aromatic nitrogens is 2. The number of carboxylic acid groups (broad SMARTS) is 1. The van der Waals surface area contributed by atoms with Gasteiger partial charge >= 0.3 is 0 Å². The Labute approximate surface area is 181 Å². The molecule has 0 amide bonds. The van der Waals surface area contributed by atoms with Gasteiger partial charge in [0.15, 0.2) is 0 Å². The number of H-pyrrole nitrogens is 1. The molecule has 164 valence electrons. The maximum atomic E-state index is 13.4. The van der Waals surface area contributed by atoms with Crippen LogP contribution >= 0.6 is 11.3 Å².